The lowest BCUT2D eigenvalue weighted by Crippen LogP contribution is -2.40. The van der Waals surface area contributed by atoms with Gasteiger partial charge >= 0.3 is 0 Å². The SMILES string of the molecule is COc1ccc(OCCNC(=O)CNC(=O)COc2ccc(OC)cc2)cc1. The summed E-state index contributed by atoms with van der Waals surface area (Å²) in [6.07, 6.45) is 0. The van der Waals surface area contributed by atoms with Crippen LogP contribution < -0.4 is 29.6 Å². The average Bonchev–Trinajstić information content (AvgIpc) is 2.74. The Morgan fingerprint density at radius 3 is 1.75 bits per heavy atom. The molecule has 150 valence electrons. The van der Waals surface area contributed by atoms with E-state index in [0.717, 1.165) is 5.75 Å². The zero-order valence-electron chi connectivity index (χ0n) is 15.9. The fourth-order valence-electron chi connectivity index (χ4n) is 2.14. The Labute approximate surface area is 163 Å². The standard InChI is InChI=1S/C20H24N2O6/c1-25-15-3-7-17(8-4-15)27-12-11-21-19(23)13-22-20(24)14-28-18-9-5-16(26-2)6-10-18/h3-10H,11-14H2,1-2H3,(H,21,23)(H,22,24). The lowest BCUT2D eigenvalue weighted by molar-refractivity contribution is -0.127. The second kappa shape index (κ2) is 11.3. The Morgan fingerprint density at radius 1 is 0.714 bits per heavy atom. The summed E-state index contributed by atoms with van der Waals surface area (Å²) in [5.74, 6) is 1.96. The van der Waals surface area contributed by atoms with E-state index in [1.807, 2.05) is 0 Å². The van der Waals surface area contributed by atoms with E-state index in [2.05, 4.69) is 10.6 Å². The molecule has 0 bridgehead atoms. The monoisotopic (exact) mass is 388 g/mol. The molecular formula is C20H24N2O6. The van der Waals surface area contributed by atoms with E-state index in [1.165, 1.54) is 0 Å². The summed E-state index contributed by atoms with van der Waals surface area (Å²) in [5.41, 5.74) is 0. The first-order valence-electron chi connectivity index (χ1n) is 8.68. The average molecular weight is 388 g/mol. The summed E-state index contributed by atoms with van der Waals surface area (Å²) in [6.45, 7) is 0.323. The molecule has 0 saturated heterocycles. The number of rotatable bonds is 11. The van der Waals surface area contributed by atoms with E-state index in [9.17, 15) is 9.59 Å². The van der Waals surface area contributed by atoms with Gasteiger partial charge in [-0.3, -0.25) is 9.59 Å². The molecular weight excluding hydrogens is 364 g/mol. The predicted octanol–water partition coefficient (Wildman–Crippen LogP) is 1.39. The molecule has 0 aliphatic rings. The van der Waals surface area contributed by atoms with Gasteiger partial charge in [-0.15, -0.1) is 0 Å². The minimum atomic E-state index is -0.388. The highest BCUT2D eigenvalue weighted by atomic mass is 16.5. The smallest absolute Gasteiger partial charge is 0.258 e. The van der Waals surface area contributed by atoms with Gasteiger partial charge in [0.25, 0.3) is 5.91 Å². The molecule has 8 nitrogen and oxygen atoms in total. The van der Waals surface area contributed by atoms with E-state index in [0.29, 0.717) is 30.4 Å². The fourth-order valence-corrected chi connectivity index (χ4v) is 2.14. The van der Waals surface area contributed by atoms with Gasteiger partial charge in [-0.2, -0.15) is 0 Å². The van der Waals surface area contributed by atoms with E-state index in [-0.39, 0.29) is 25.0 Å². The van der Waals surface area contributed by atoms with Gasteiger partial charge in [0.05, 0.1) is 27.3 Å². The van der Waals surface area contributed by atoms with Gasteiger partial charge < -0.3 is 29.6 Å². The zero-order chi connectivity index (χ0) is 20.2. The summed E-state index contributed by atoms with van der Waals surface area (Å²) >= 11 is 0. The van der Waals surface area contributed by atoms with Crippen molar-refractivity contribution in [3.05, 3.63) is 48.5 Å². The van der Waals surface area contributed by atoms with Gasteiger partial charge in [0.2, 0.25) is 5.91 Å². The third-order valence-corrected chi connectivity index (χ3v) is 3.63. The molecule has 0 unspecified atom stereocenters. The van der Waals surface area contributed by atoms with E-state index < -0.39 is 0 Å². The number of ether oxygens (including phenoxy) is 4. The first-order chi connectivity index (χ1) is 13.6. The molecule has 8 heteroatoms. The summed E-state index contributed by atoms with van der Waals surface area (Å²) in [7, 11) is 3.16. The lowest BCUT2D eigenvalue weighted by atomic mass is 10.3. The molecule has 0 fully saturated rings. The topological polar surface area (TPSA) is 95.1 Å². The number of methoxy groups -OCH3 is 2. The number of carbonyl (C=O) groups excluding carboxylic acids is 2. The second-order valence-electron chi connectivity index (χ2n) is 5.61. The number of carbonyl (C=O) groups is 2. The molecule has 2 amide bonds. The van der Waals surface area contributed by atoms with Crippen molar-refractivity contribution in [2.75, 3.05) is 40.5 Å². The van der Waals surface area contributed by atoms with Crippen molar-refractivity contribution in [3.63, 3.8) is 0 Å². The summed E-state index contributed by atoms with van der Waals surface area (Å²) in [6, 6.07) is 14.0. The molecule has 2 aromatic carbocycles. The van der Waals surface area contributed by atoms with Crippen molar-refractivity contribution in [1.82, 2.24) is 10.6 Å². The zero-order valence-corrected chi connectivity index (χ0v) is 15.9. The summed E-state index contributed by atoms with van der Waals surface area (Å²) in [4.78, 5) is 23.5. The molecule has 28 heavy (non-hydrogen) atoms. The molecule has 0 saturated carbocycles. The van der Waals surface area contributed by atoms with Crippen molar-refractivity contribution in [1.29, 1.82) is 0 Å². The highest BCUT2D eigenvalue weighted by Gasteiger charge is 2.06. The minimum Gasteiger partial charge on any atom is -0.497 e. The third-order valence-electron chi connectivity index (χ3n) is 3.63. The van der Waals surface area contributed by atoms with Crippen LogP contribution in [0.25, 0.3) is 0 Å². The maximum Gasteiger partial charge on any atom is 0.258 e. The van der Waals surface area contributed by atoms with E-state index in [4.69, 9.17) is 18.9 Å². The molecule has 2 rings (SSSR count). The largest absolute Gasteiger partial charge is 0.497 e. The molecule has 0 aliphatic carbocycles. The molecule has 0 heterocycles. The maximum absolute atomic E-state index is 11.7. The van der Waals surface area contributed by atoms with Gasteiger partial charge in [0, 0.05) is 0 Å². The van der Waals surface area contributed by atoms with Crippen LogP contribution in [0, 0.1) is 0 Å². The molecule has 0 atom stereocenters. The Bertz CT molecular complexity index is 746. The second-order valence-corrected chi connectivity index (χ2v) is 5.61. The van der Waals surface area contributed by atoms with Crippen LogP contribution in [0.3, 0.4) is 0 Å². The van der Waals surface area contributed by atoms with E-state index >= 15 is 0 Å². The molecule has 2 N–H and O–H groups in total. The number of benzene rings is 2. The van der Waals surface area contributed by atoms with Crippen LogP contribution in [0.2, 0.25) is 0 Å². The number of nitrogens with one attached hydrogen (secondary N) is 2. The Balaban J connectivity index is 1.56. The van der Waals surface area contributed by atoms with Crippen molar-refractivity contribution < 1.29 is 28.5 Å². The van der Waals surface area contributed by atoms with Crippen molar-refractivity contribution >= 4 is 11.8 Å². The number of hydrogen-bond donors (Lipinski definition) is 2. The molecule has 2 aromatic rings. The fraction of sp³-hybridized carbons (Fsp3) is 0.300. The Morgan fingerprint density at radius 2 is 1.21 bits per heavy atom. The normalized spacial score (nSPS) is 9.93. The van der Waals surface area contributed by atoms with Crippen LogP contribution >= 0.6 is 0 Å². The molecule has 0 aromatic heterocycles. The Kier molecular flexibility index (Phi) is 8.45. The summed E-state index contributed by atoms with van der Waals surface area (Å²) in [5, 5.41) is 5.15. The first kappa shape index (κ1) is 20.9. The molecule has 0 spiro atoms. The molecule has 0 radical (unpaired) electrons. The Hall–Kier alpha value is -3.42. The molecule has 0 aliphatic heterocycles. The van der Waals surface area contributed by atoms with Crippen LogP contribution in [0.4, 0.5) is 0 Å². The predicted molar refractivity (Wildman–Crippen MR) is 103 cm³/mol. The first-order valence-corrected chi connectivity index (χ1v) is 8.68. The van der Waals surface area contributed by atoms with Gasteiger partial charge in [-0.25, -0.2) is 0 Å². The van der Waals surface area contributed by atoms with Crippen LogP contribution in [-0.2, 0) is 9.59 Å². The highest BCUT2D eigenvalue weighted by Crippen LogP contribution is 2.17. The van der Waals surface area contributed by atoms with Crippen LogP contribution in [0.5, 0.6) is 23.0 Å². The van der Waals surface area contributed by atoms with Crippen LogP contribution in [0.1, 0.15) is 0 Å². The van der Waals surface area contributed by atoms with Crippen LogP contribution in [0.15, 0.2) is 48.5 Å². The highest BCUT2D eigenvalue weighted by molar-refractivity contribution is 5.85. The van der Waals surface area contributed by atoms with Gasteiger partial charge in [0.15, 0.2) is 6.61 Å². The van der Waals surface area contributed by atoms with Crippen molar-refractivity contribution in [2.24, 2.45) is 0 Å². The third kappa shape index (κ3) is 7.45. The maximum atomic E-state index is 11.7. The quantitative estimate of drug-likeness (QED) is 0.565. The lowest BCUT2D eigenvalue weighted by Gasteiger charge is -2.10. The van der Waals surface area contributed by atoms with Gasteiger partial charge in [0.1, 0.15) is 29.6 Å². The van der Waals surface area contributed by atoms with Gasteiger partial charge in [-0.1, -0.05) is 0 Å². The number of hydrogen-bond acceptors (Lipinski definition) is 6. The van der Waals surface area contributed by atoms with Crippen molar-refractivity contribution in [3.8, 4) is 23.0 Å². The number of amides is 2. The minimum absolute atomic E-state index is 0.132. The van der Waals surface area contributed by atoms with Gasteiger partial charge in [-0.05, 0) is 48.5 Å². The van der Waals surface area contributed by atoms with Crippen LogP contribution in [-0.4, -0.2) is 52.3 Å². The summed E-state index contributed by atoms with van der Waals surface area (Å²) < 4.78 is 20.9. The van der Waals surface area contributed by atoms with E-state index in [1.54, 1.807) is 62.8 Å². The van der Waals surface area contributed by atoms with Crippen molar-refractivity contribution in [2.45, 2.75) is 0 Å².